The van der Waals surface area contributed by atoms with Gasteiger partial charge in [0.05, 0.1) is 25.2 Å². The Labute approximate surface area is 260 Å². The minimum atomic E-state index is -0.919. The van der Waals surface area contributed by atoms with E-state index in [4.69, 9.17) is 27.9 Å². The lowest BCUT2D eigenvalue weighted by Crippen LogP contribution is -2.34. The third-order valence-electron chi connectivity index (χ3n) is 6.89. The molecule has 0 spiro atoms. The molecule has 12 nitrogen and oxygen atoms in total. The van der Waals surface area contributed by atoms with Crippen molar-refractivity contribution in [3.05, 3.63) is 117 Å². The highest BCUT2D eigenvalue weighted by Crippen LogP contribution is 2.35. The van der Waals surface area contributed by atoms with Crippen molar-refractivity contribution in [2.75, 3.05) is 12.4 Å². The topological polar surface area (TPSA) is 146 Å². The molecule has 1 atom stereocenters. The zero-order chi connectivity index (χ0) is 30.6. The van der Waals surface area contributed by atoms with E-state index in [0.717, 1.165) is 11.1 Å². The Kier molecular flexibility index (Phi) is 8.17. The number of hydrogen-bond donors (Lipinski definition) is 2. The maximum Gasteiger partial charge on any atom is 0.252 e. The van der Waals surface area contributed by atoms with Crippen LogP contribution in [0.5, 0.6) is 5.75 Å². The molecule has 0 aliphatic carbocycles. The molecule has 3 heterocycles. The van der Waals surface area contributed by atoms with Gasteiger partial charge in [0.25, 0.3) is 5.56 Å². The Bertz CT molecular complexity index is 1980. The van der Waals surface area contributed by atoms with E-state index in [1.807, 2.05) is 30.3 Å². The number of H-pyrrole nitrogens is 1. The van der Waals surface area contributed by atoms with E-state index in [-0.39, 0.29) is 11.6 Å². The van der Waals surface area contributed by atoms with Crippen LogP contribution in [-0.2, 0) is 11.2 Å². The van der Waals surface area contributed by atoms with Crippen molar-refractivity contribution in [3.63, 3.8) is 0 Å². The molecule has 0 bridgehead atoms. The van der Waals surface area contributed by atoms with Crippen molar-refractivity contribution in [2.45, 2.75) is 12.5 Å². The van der Waals surface area contributed by atoms with Crippen LogP contribution in [0, 0.1) is 0 Å². The highest BCUT2D eigenvalue weighted by Gasteiger charge is 2.25. The van der Waals surface area contributed by atoms with Gasteiger partial charge in [0.15, 0.2) is 5.15 Å². The van der Waals surface area contributed by atoms with Crippen molar-refractivity contribution in [1.82, 2.24) is 40.2 Å². The summed E-state index contributed by atoms with van der Waals surface area (Å²) in [5.74, 6) is 0.381. The lowest BCUT2D eigenvalue weighted by Gasteiger charge is -2.22. The fourth-order valence-electron chi connectivity index (χ4n) is 4.80. The van der Waals surface area contributed by atoms with Crippen molar-refractivity contribution < 1.29 is 9.53 Å². The second kappa shape index (κ2) is 12.5. The SMILES string of the molecule is COc1cn(C(Cc2ccccc2)C(=O)Nc2ccc(-c3nn[nH]n3)cc2)c(=O)cc1-c1cc(Cl)ccc1-n1cc(Cl)nn1. The molecule has 3 aromatic carbocycles. The normalized spacial score (nSPS) is 11.7. The van der Waals surface area contributed by atoms with Gasteiger partial charge < -0.3 is 10.1 Å². The molecule has 0 radical (unpaired) electrons. The van der Waals surface area contributed by atoms with Gasteiger partial charge in [0.2, 0.25) is 11.7 Å². The zero-order valence-electron chi connectivity index (χ0n) is 23.1. The van der Waals surface area contributed by atoms with Gasteiger partial charge in [-0.3, -0.25) is 14.2 Å². The molecule has 6 aromatic rings. The minimum Gasteiger partial charge on any atom is -0.495 e. The summed E-state index contributed by atoms with van der Waals surface area (Å²) in [6, 6.07) is 22.1. The van der Waals surface area contributed by atoms with Crippen LogP contribution in [0.2, 0.25) is 10.2 Å². The van der Waals surface area contributed by atoms with Gasteiger partial charge >= 0.3 is 0 Å². The number of pyridine rings is 1. The number of benzene rings is 3. The fourth-order valence-corrected chi connectivity index (χ4v) is 5.10. The van der Waals surface area contributed by atoms with Crippen LogP contribution in [-0.4, -0.2) is 53.2 Å². The van der Waals surface area contributed by atoms with E-state index in [2.05, 4.69) is 36.3 Å². The molecule has 6 rings (SSSR count). The molecular formula is C30H23Cl2N9O3. The molecule has 2 N–H and O–H groups in total. The Morgan fingerprint density at radius 2 is 1.77 bits per heavy atom. The van der Waals surface area contributed by atoms with Gasteiger partial charge in [-0.1, -0.05) is 58.7 Å². The average molecular weight is 628 g/mol. The first-order valence-corrected chi connectivity index (χ1v) is 14.0. The second-order valence-electron chi connectivity index (χ2n) is 9.66. The summed E-state index contributed by atoms with van der Waals surface area (Å²) in [7, 11) is 1.49. The number of aromatic nitrogens is 8. The van der Waals surface area contributed by atoms with Gasteiger partial charge in [-0.15, -0.1) is 15.3 Å². The summed E-state index contributed by atoms with van der Waals surface area (Å²) in [5.41, 5.74) is 3.30. The van der Waals surface area contributed by atoms with Crippen LogP contribution in [0.25, 0.3) is 28.2 Å². The first-order valence-electron chi connectivity index (χ1n) is 13.3. The number of carbonyl (C=O) groups excluding carboxylic acids is 1. The smallest absolute Gasteiger partial charge is 0.252 e. The summed E-state index contributed by atoms with van der Waals surface area (Å²) < 4.78 is 8.60. The van der Waals surface area contributed by atoms with Gasteiger partial charge in [0.1, 0.15) is 11.8 Å². The van der Waals surface area contributed by atoms with Gasteiger partial charge in [-0.05, 0) is 53.2 Å². The molecule has 0 fully saturated rings. The number of ether oxygens (including phenoxy) is 1. The quantitative estimate of drug-likeness (QED) is 0.227. The van der Waals surface area contributed by atoms with E-state index >= 15 is 0 Å². The molecule has 0 aliphatic rings. The molecule has 220 valence electrons. The first-order chi connectivity index (χ1) is 21.4. The monoisotopic (exact) mass is 627 g/mol. The van der Waals surface area contributed by atoms with E-state index < -0.39 is 17.5 Å². The van der Waals surface area contributed by atoms with Crippen molar-refractivity contribution in [3.8, 4) is 34.0 Å². The van der Waals surface area contributed by atoms with Crippen LogP contribution < -0.4 is 15.6 Å². The molecule has 14 heteroatoms. The Morgan fingerprint density at radius 3 is 2.45 bits per heavy atom. The predicted molar refractivity (Wildman–Crippen MR) is 165 cm³/mol. The second-order valence-corrected chi connectivity index (χ2v) is 10.5. The highest BCUT2D eigenvalue weighted by atomic mass is 35.5. The summed E-state index contributed by atoms with van der Waals surface area (Å²) in [5, 5.41) is 25.4. The number of halogens is 2. The number of anilines is 1. The zero-order valence-corrected chi connectivity index (χ0v) is 24.6. The van der Waals surface area contributed by atoms with E-state index in [1.165, 1.54) is 34.8 Å². The summed E-state index contributed by atoms with van der Waals surface area (Å²) in [6.45, 7) is 0. The van der Waals surface area contributed by atoms with Gasteiger partial charge in [-0.25, -0.2) is 4.68 Å². The number of aromatic amines is 1. The molecule has 3 aromatic heterocycles. The summed E-state index contributed by atoms with van der Waals surface area (Å²) in [6.07, 6.45) is 3.32. The van der Waals surface area contributed by atoms with Crippen LogP contribution in [0.1, 0.15) is 11.6 Å². The fraction of sp³-hybridized carbons (Fsp3) is 0.100. The minimum absolute atomic E-state index is 0.201. The summed E-state index contributed by atoms with van der Waals surface area (Å²) >= 11 is 12.4. The number of tetrazole rings is 1. The number of nitrogens with zero attached hydrogens (tertiary/aromatic N) is 7. The van der Waals surface area contributed by atoms with Gasteiger partial charge in [0, 0.05) is 39.9 Å². The third kappa shape index (κ3) is 6.07. The average Bonchev–Trinajstić information content (AvgIpc) is 3.73. The molecule has 1 unspecified atom stereocenters. The lowest BCUT2D eigenvalue weighted by atomic mass is 10.0. The van der Waals surface area contributed by atoms with Crippen molar-refractivity contribution in [1.29, 1.82) is 0 Å². The van der Waals surface area contributed by atoms with Crippen LogP contribution >= 0.6 is 23.2 Å². The number of methoxy groups -OCH3 is 1. The molecule has 44 heavy (non-hydrogen) atoms. The van der Waals surface area contributed by atoms with E-state index in [0.29, 0.717) is 39.1 Å². The van der Waals surface area contributed by atoms with Crippen molar-refractivity contribution >= 4 is 34.8 Å². The molecule has 0 aliphatic heterocycles. The largest absolute Gasteiger partial charge is 0.495 e. The van der Waals surface area contributed by atoms with Crippen LogP contribution in [0.15, 0.2) is 96.1 Å². The molecular weight excluding hydrogens is 605 g/mol. The van der Waals surface area contributed by atoms with Crippen LogP contribution in [0.3, 0.4) is 0 Å². The summed E-state index contributed by atoms with van der Waals surface area (Å²) in [4.78, 5) is 27.6. The van der Waals surface area contributed by atoms with Gasteiger partial charge in [-0.2, -0.15) is 5.21 Å². The maximum absolute atomic E-state index is 13.8. The predicted octanol–water partition coefficient (Wildman–Crippen LogP) is 5.01. The molecule has 0 saturated heterocycles. The number of hydrogen-bond acceptors (Lipinski definition) is 8. The van der Waals surface area contributed by atoms with Crippen molar-refractivity contribution in [2.24, 2.45) is 0 Å². The molecule has 1 amide bonds. The Hall–Kier alpha value is -5.33. The Balaban J connectivity index is 1.39. The highest BCUT2D eigenvalue weighted by molar-refractivity contribution is 6.31. The maximum atomic E-state index is 13.8. The standard InChI is InChI=1S/C30H23Cl2N9O3/c1-44-26-16-40(28(42)15-23(26)22-14-20(31)9-12-24(22)41-17-27(32)34-39-41)25(13-18-5-3-2-4-6-18)30(43)33-21-10-7-19(8-11-21)29-35-37-38-36-29/h2-12,14-17,25H,13H2,1H3,(H,33,43)(H,35,36,37,38). The Morgan fingerprint density at radius 1 is 0.977 bits per heavy atom. The first kappa shape index (κ1) is 28.8. The van der Waals surface area contributed by atoms with E-state index in [9.17, 15) is 9.59 Å². The number of rotatable bonds is 9. The third-order valence-corrected chi connectivity index (χ3v) is 7.30. The lowest BCUT2D eigenvalue weighted by molar-refractivity contribution is -0.119. The number of carbonyl (C=O) groups is 1. The number of amides is 1. The van der Waals surface area contributed by atoms with Crippen LogP contribution in [0.4, 0.5) is 5.69 Å². The number of nitrogens with one attached hydrogen (secondary N) is 2. The van der Waals surface area contributed by atoms with E-state index in [1.54, 1.807) is 42.5 Å². The molecule has 0 saturated carbocycles.